The second kappa shape index (κ2) is 10.4. The molecule has 0 atom stereocenters. The van der Waals surface area contributed by atoms with Gasteiger partial charge in [0.05, 0.1) is 13.2 Å². The number of carbonyl (C=O) groups is 1. The zero-order chi connectivity index (χ0) is 17.0. The van der Waals surface area contributed by atoms with Gasteiger partial charge < -0.3 is 26.7 Å². The van der Waals surface area contributed by atoms with Crippen molar-refractivity contribution in [2.75, 3.05) is 13.2 Å². The molecule has 1 aromatic rings. The largest absolute Gasteiger partial charge is 0.673 e. The average Bonchev–Trinajstić information content (AvgIpc) is 2.42. The topological polar surface area (TPSA) is 63.7 Å². The van der Waals surface area contributed by atoms with Crippen LogP contribution in [-0.2, 0) is 9.53 Å². The molecule has 0 aliphatic carbocycles. The lowest BCUT2D eigenvalue weighted by atomic mass is 10.3. The SMILES string of the molecule is CCOC(=O)CCCOc1ccccc1[N+]#N.F[B-](F)(F)F. The summed E-state index contributed by atoms with van der Waals surface area (Å²) in [5.41, 5.74) is 0.378. The number of hydrogen-bond donors (Lipinski definition) is 0. The van der Waals surface area contributed by atoms with Gasteiger partial charge >= 0.3 is 18.9 Å². The number of hydrogen-bond acceptors (Lipinski definition) is 4. The van der Waals surface area contributed by atoms with E-state index in [9.17, 15) is 22.1 Å². The van der Waals surface area contributed by atoms with E-state index in [4.69, 9.17) is 14.9 Å². The molecule has 0 amide bonds. The molecule has 0 radical (unpaired) electrons. The summed E-state index contributed by atoms with van der Waals surface area (Å²) >= 11 is 0. The number of para-hydroxylation sites is 1. The highest BCUT2D eigenvalue weighted by Gasteiger charge is 2.20. The Morgan fingerprint density at radius 1 is 1.27 bits per heavy atom. The molecule has 122 valence electrons. The van der Waals surface area contributed by atoms with Gasteiger partial charge in [-0.25, -0.2) is 0 Å². The smallest absolute Gasteiger partial charge is 0.486 e. The fourth-order valence-electron chi connectivity index (χ4n) is 1.29. The van der Waals surface area contributed by atoms with Gasteiger partial charge in [0.15, 0.2) is 4.98 Å². The Kier molecular flexibility index (Phi) is 9.33. The summed E-state index contributed by atoms with van der Waals surface area (Å²) in [6.45, 7) is 2.55. The minimum atomic E-state index is -6.00. The van der Waals surface area contributed by atoms with Crippen molar-refractivity contribution in [1.82, 2.24) is 0 Å². The molecule has 0 aliphatic heterocycles. The highest BCUT2D eigenvalue weighted by Crippen LogP contribution is 2.26. The number of rotatable bonds is 6. The molecule has 5 nitrogen and oxygen atoms in total. The molecule has 0 fully saturated rings. The second-order valence-electron chi connectivity index (χ2n) is 3.82. The quantitative estimate of drug-likeness (QED) is 0.259. The lowest BCUT2D eigenvalue weighted by Gasteiger charge is -2.03. The van der Waals surface area contributed by atoms with E-state index in [1.54, 1.807) is 31.2 Å². The van der Waals surface area contributed by atoms with E-state index >= 15 is 0 Å². The van der Waals surface area contributed by atoms with Crippen molar-refractivity contribution in [2.45, 2.75) is 19.8 Å². The summed E-state index contributed by atoms with van der Waals surface area (Å²) < 4.78 is 49.2. The first-order valence-electron chi connectivity index (χ1n) is 6.37. The predicted octanol–water partition coefficient (Wildman–Crippen LogP) is 4.19. The third-order valence-electron chi connectivity index (χ3n) is 2.06. The zero-order valence-corrected chi connectivity index (χ0v) is 11.8. The number of halogens is 4. The monoisotopic (exact) mass is 322 g/mol. The Morgan fingerprint density at radius 3 is 2.41 bits per heavy atom. The number of diazo groups is 1. The molecule has 0 unspecified atom stereocenters. The van der Waals surface area contributed by atoms with Crippen LogP contribution in [0.3, 0.4) is 0 Å². The molecule has 0 N–H and O–H groups in total. The van der Waals surface area contributed by atoms with Gasteiger partial charge in [0.2, 0.25) is 11.1 Å². The van der Waals surface area contributed by atoms with E-state index in [2.05, 4.69) is 4.98 Å². The molecular formula is C12H15BF4N2O3. The van der Waals surface area contributed by atoms with Gasteiger partial charge in [0.25, 0.3) is 0 Å². The normalized spacial score (nSPS) is 10.0. The Labute approximate surface area is 124 Å². The summed E-state index contributed by atoms with van der Waals surface area (Å²) in [5.74, 6) is 0.273. The van der Waals surface area contributed by atoms with E-state index < -0.39 is 7.25 Å². The van der Waals surface area contributed by atoms with Crippen molar-refractivity contribution >= 4 is 18.9 Å². The van der Waals surface area contributed by atoms with Crippen molar-refractivity contribution < 1.29 is 31.5 Å². The van der Waals surface area contributed by atoms with Gasteiger partial charge in [-0.2, -0.15) is 0 Å². The fraction of sp³-hybridized carbons (Fsp3) is 0.417. The van der Waals surface area contributed by atoms with Crippen LogP contribution < -0.4 is 4.74 Å². The number of nitrogens with zero attached hydrogens (tertiary/aromatic N) is 2. The molecule has 0 aromatic heterocycles. The van der Waals surface area contributed by atoms with Crippen LogP contribution >= 0.6 is 0 Å². The van der Waals surface area contributed by atoms with E-state index in [0.717, 1.165) is 0 Å². The van der Waals surface area contributed by atoms with Crippen molar-refractivity contribution in [1.29, 1.82) is 5.39 Å². The Balaban J connectivity index is 0.000000763. The Morgan fingerprint density at radius 2 is 1.86 bits per heavy atom. The first-order chi connectivity index (χ1) is 10.3. The van der Waals surface area contributed by atoms with Gasteiger partial charge in [-0.05, 0) is 19.4 Å². The summed E-state index contributed by atoms with van der Waals surface area (Å²) in [5, 5.41) is 8.70. The average molecular weight is 322 g/mol. The van der Waals surface area contributed by atoms with Crippen LogP contribution in [0.25, 0.3) is 4.98 Å². The second-order valence-corrected chi connectivity index (χ2v) is 3.82. The highest BCUT2D eigenvalue weighted by atomic mass is 19.5. The summed E-state index contributed by atoms with van der Waals surface area (Å²) in [7, 11) is -6.00. The molecule has 0 saturated carbocycles. The minimum absolute atomic E-state index is 0.226. The fourth-order valence-corrected chi connectivity index (χ4v) is 1.29. The molecule has 1 aromatic carbocycles. The van der Waals surface area contributed by atoms with Crippen LogP contribution in [0.1, 0.15) is 19.8 Å². The molecule has 0 bridgehead atoms. The number of esters is 1. The minimum Gasteiger partial charge on any atom is -0.486 e. The van der Waals surface area contributed by atoms with Crippen molar-refractivity contribution in [2.24, 2.45) is 0 Å². The standard InChI is InChI=1S/C12H15N2O3.BF4/c1-2-16-12(15)8-5-9-17-11-7-4-3-6-10(11)14-13;2-1(3,4)5/h3-4,6-7H,2,5,8-9H2,1H3;/q+1;-1. The third kappa shape index (κ3) is 11.5. The van der Waals surface area contributed by atoms with Crippen molar-refractivity contribution in [3.63, 3.8) is 0 Å². The molecular weight excluding hydrogens is 307 g/mol. The van der Waals surface area contributed by atoms with E-state index in [-0.39, 0.29) is 5.97 Å². The van der Waals surface area contributed by atoms with E-state index in [1.807, 2.05) is 0 Å². The first-order valence-corrected chi connectivity index (χ1v) is 6.37. The zero-order valence-electron chi connectivity index (χ0n) is 11.8. The predicted molar refractivity (Wildman–Crippen MR) is 72.7 cm³/mol. The van der Waals surface area contributed by atoms with Crippen LogP contribution in [0, 0.1) is 5.39 Å². The Hall–Kier alpha value is -2.31. The van der Waals surface area contributed by atoms with Crippen molar-refractivity contribution in [3.8, 4) is 5.75 Å². The van der Waals surface area contributed by atoms with Crippen LogP contribution in [0.4, 0.5) is 23.0 Å². The maximum absolute atomic E-state index is 11.0. The molecule has 1 rings (SSSR count). The molecule has 0 saturated heterocycles. The highest BCUT2D eigenvalue weighted by molar-refractivity contribution is 6.50. The molecule has 0 spiro atoms. The maximum atomic E-state index is 11.0. The molecule has 0 heterocycles. The van der Waals surface area contributed by atoms with Gasteiger partial charge in [-0.1, -0.05) is 12.1 Å². The Bertz CT molecular complexity index is 500. The van der Waals surface area contributed by atoms with Gasteiger partial charge in [0, 0.05) is 12.5 Å². The van der Waals surface area contributed by atoms with Crippen LogP contribution in [0.15, 0.2) is 24.3 Å². The van der Waals surface area contributed by atoms with Crippen molar-refractivity contribution in [3.05, 3.63) is 29.2 Å². The molecule has 22 heavy (non-hydrogen) atoms. The summed E-state index contributed by atoms with van der Waals surface area (Å²) in [6, 6.07) is 6.88. The lowest BCUT2D eigenvalue weighted by Crippen LogP contribution is -2.06. The van der Waals surface area contributed by atoms with Gasteiger partial charge in [-0.15, -0.1) is 0 Å². The molecule has 0 aliphatic rings. The summed E-state index contributed by atoms with van der Waals surface area (Å²) in [4.78, 5) is 14.1. The first kappa shape index (κ1) is 19.7. The van der Waals surface area contributed by atoms with Crippen LogP contribution in [-0.4, -0.2) is 26.4 Å². The maximum Gasteiger partial charge on any atom is 0.673 e. The van der Waals surface area contributed by atoms with Crippen LogP contribution in [0.2, 0.25) is 0 Å². The van der Waals surface area contributed by atoms with E-state index in [0.29, 0.717) is 37.5 Å². The lowest BCUT2D eigenvalue weighted by molar-refractivity contribution is -0.143. The molecule has 10 heteroatoms. The van der Waals surface area contributed by atoms with E-state index in [1.165, 1.54) is 0 Å². The number of ether oxygens (including phenoxy) is 2. The van der Waals surface area contributed by atoms with Gasteiger partial charge in [0.1, 0.15) is 0 Å². The number of carbonyl (C=O) groups excluding carboxylic acids is 1. The third-order valence-corrected chi connectivity index (χ3v) is 2.06. The van der Waals surface area contributed by atoms with Crippen LogP contribution in [0.5, 0.6) is 5.75 Å². The number of benzene rings is 1. The van der Waals surface area contributed by atoms with Gasteiger partial charge in [-0.3, -0.25) is 4.79 Å². The summed E-state index contributed by atoms with van der Waals surface area (Å²) in [6.07, 6.45) is 0.894.